The van der Waals surface area contributed by atoms with Crippen LogP contribution >= 0.6 is 0 Å². The number of ether oxygens (including phenoxy) is 1. The molecule has 0 aliphatic carbocycles. The van der Waals surface area contributed by atoms with Crippen molar-refractivity contribution in [3.63, 3.8) is 0 Å². The Morgan fingerprint density at radius 1 is 1.15 bits per heavy atom. The monoisotopic (exact) mass is 349 g/mol. The maximum absolute atomic E-state index is 12.7. The third kappa shape index (κ3) is 2.72. The normalized spacial score (nSPS) is 11.3. The molecule has 0 fully saturated rings. The lowest BCUT2D eigenvalue weighted by Crippen LogP contribution is -2.14. The van der Waals surface area contributed by atoms with E-state index in [1.165, 1.54) is 10.6 Å². The summed E-state index contributed by atoms with van der Waals surface area (Å²) in [5, 5.41) is 7.58. The number of nitrogens with one attached hydrogen (secondary N) is 1. The summed E-state index contributed by atoms with van der Waals surface area (Å²) in [4.78, 5) is 17.4. The summed E-state index contributed by atoms with van der Waals surface area (Å²) in [5.74, 6) is 0. The number of aromatic nitrogens is 5. The fourth-order valence-corrected chi connectivity index (χ4v) is 3.05. The van der Waals surface area contributed by atoms with Gasteiger partial charge in [0.25, 0.3) is 5.56 Å². The molecule has 0 radical (unpaired) electrons. The van der Waals surface area contributed by atoms with E-state index in [2.05, 4.69) is 10.2 Å². The van der Waals surface area contributed by atoms with Crippen LogP contribution in [0, 0.1) is 0 Å². The molecule has 0 amide bonds. The van der Waals surface area contributed by atoms with Gasteiger partial charge in [0.1, 0.15) is 5.69 Å². The first-order valence-electron chi connectivity index (χ1n) is 8.44. The predicted octanol–water partition coefficient (Wildman–Crippen LogP) is 2.72. The molecular weight excluding hydrogens is 330 g/mol. The van der Waals surface area contributed by atoms with E-state index in [9.17, 15) is 4.79 Å². The number of methoxy groups -OCH3 is 1. The highest BCUT2D eigenvalue weighted by molar-refractivity contribution is 5.80. The molecule has 0 unspecified atom stereocenters. The van der Waals surface area contributed by atoms with Crippen molar-refractivity contribution in [2.75, 3.05) is 7.11 Å². The van der Waals surface area contributed by atoms with Crippen molar-refractivity contribution in [2.45, 2.75) is 20.1 Å². The van der Waals surface area contributed by atoms with Crippen LogP contribution < -0.4 is 5.56 Å². The highest BCUT2D eigenvalue weighted by atomic mass is 16.5. The van der Waals surface area contributed by atoms with E-state index < -0.39 is 0 Å². The number of hydrogen-bond acceptors (Lipinski definition) is 4. The van der Waals surface area contributed by atoms with E-state index in [1.807, 2.05) is 54.2 Å². The lowest BCUT2D eigenvalue weighted by molar-refractivity contribution is 0.181. The Kier molecular flexibility index (Phi) is 4.14. The Hall–Kier alpha value is -3.19. The second-order valence-electron chi connectivity index (χ2n) is 5.96. The van der Waals surface area contributed by atoms with Gasteiger partial charge in [-0.15, -0.1) is 0 Å². The zero-order valence-corrected chi connectivity index (χ0v) is 14.6. The predicted molar refractivity (Wildman–Crippen MR) is 98.9 cm³/mol. The van der Waals surface area contributed by atoms with E-state index in [0.29, 0.717) is 23.6 Å². The summed E-state index contributed by atoms with van der Waals surface area (Å²) in [5.41, 5.74) is 4.26. The fourth-order valence-electron chi connectivity index (χ4n) is 3.05. The SMILES string of the molecule is CCn1ccc(-c2cc(=O)n3[nH]c(COC)c(-c4ccccc4)c3n2)n1. The molecule has 1 N–H and O–H groups in total. The van der Waals surface area contributed by atoms with Crippen LogP contribution in [0.25, 0.3) is 28.2 Å². The number of hydrogen-bond donors (Lipinski definition) is 1. The van der Waals surface area contributed by atoms with Gasteiger partial charge in [0.2, 0.25) is 0 Å². The molecule has 4 rings (SSSR count). The van der Waals surface area contributed by atoms with Crippen molar-refractivity contribution < 1.29 is 4.74 Å². The molecule has 0 saturated heterocycles. The summed E-state index contributed by atoms with van der Waals surface area (Å²) in [6.45, 7) is 3.13. The molecule has 3 aromatic heterocycles. The van der Waals surface area contributed by atoms with Gasteiger partial charge in [-0.2, -0.15) is 5.10 Å². The van der Waals surface area contributed by atoms with Gasteiger partial charge in [-0.25, -0.2) is 9.50 Å². The quantitative estimate of drug-likeness (QED) is 0.601. The van der Waals surface area contributed by atoms with Crippen molar-refractivity contribution in [1.82, 2.24) is 24.4 Å². The summed E-state index contributed by atoms with van der Waals surface area (Å²) in [7, 11) is 1.62. The van der Waals surface area contributed by atoms with Gasteiger partial charge >= 0.3 is 0 Å². The summed E-state index contributed by atoms with van der Waals surface area (Å²) >= 11 is 0. The van der Waals surface area contributed by atoms with Crippen LogP contribution in [-0.2, 0) is 17.9 Å². The number of fused-ring (bicyclic) bond motifs is 1. The number of aryl methyl sites for hydroxylation is 1. The van der Waals surface area contributed by atoms with Gasteiger partial charge in [0.15, 0.2) is 5.65 Å². The molecule has 0 spiro atoms. The molecular formula is C19H19N5O2. The summed E-state index contributed by atoms with van der Waals surface area (Å²) < 4.78 is 8.57. The van der Waals surface area contributed by atoms with Crippen LogP contribution in [0.3, 0.4) is 0 Å². The third-order valence-corrected chi connectivity index (χ3v) is 4.27. The Balaban J connectivity index is 1.98. The van der Waals surface area contributed by atoms with Gasteiger partial charge < -0.3 is 4.74 Å². The van der Waals surface area contributed by atoms with Crippen molar-refractivity contribution in [3.05, 3.63) is 64.7 Å². The van der Waals surface area contributed by atoms with Gasteiger partial charge in [0.05, 0.1) is 18.0 Å². The molecule has 132 valence electrons. The Morgan fingerprint density at radius 3 is 2.65 bits per heavy atom. The first-order valence-corrected chi connectivity index (χ1v) is 8.44. The Morgan fingerprint density at radius 2 is 1.96 bits per heavy atom. The average molecular weight is 349 g/mol. The topological polar surface area (TPSA) is 77.2 Å². The zero-order valence-electron chi connectivity index (χ0n) is 14.6. The molecule has 7 nitrogen and oxygen atoms in total. The van der Waals surface area contributed by atoms with Gasteiger partial charge in [-0.05, 0) is 18.6 Å². The first-order chi connectivity index (χ1) is 12.7. The molecule has 0 aliphatic rings. The summed E-state index contributed by atoms with van der Waals surface area (Å²) in [6, 6.07) is 13.2. The average Bonchev–Trinajstić information content (AvgIpc) is 3.27. The molecule has 1 aromatic carbocycles. The first kappa shape index (κ1) is 16.3. The second-order valence-corrected chi connectivity index (χ2v) is 5.96. The van der Waals surface area contributed by atoms with E-state index in [4.69, 9.17) is 9.72 Å². The lowest BCUT2D eigenvalue weighted by Gasteiger charge is -2.03. The van der Waals surface area contributed by atoms with Crippen molar-refractivity contribution in [2.24, 2.45) is 0 Å². The third-order valence-electron chi connectivity index (χ3n) is 4.27. The molecule has 0 aliphatic heterocycles. The number of rotatable bonds is 5. The number of H-pyrrole nitrogens is 1. The van der Waals surface area contributed by atoms with Gasteiger partial charge in [-0.3, -0.25) is 14.6 Å². The highest BCUT2D eigenvalue weighted by Gasteiger charge is 2.18. The number of benzene rings is 1. The zero-order chi connectivity index (χ0) is 18.1. The minimum Gasteiger partial charge on any atom is -0.378 e. The maximum Gasteiger partial charge on any atom is 0.273 e. The Labute approximate surface area is 149 Å². The van der Waals surface area contributed by atoms with Crippen LogP contribution in [0.1, 0.15) is 12.6 Å². The number of nitrogens with zero attached hydrogens (tertiary/aromatic N) is 4. The molecule has 4 aromatic rings. The fraction of sp³-hybridized carbons (Fsp3) is 0.211. The van der Waals surface area contributed by atoms with Crippen LogP contribution in [-0.4, -0.2) is 31.5 Å². The van der Waals surface area contributed by atoms with Crippen molar-refractivity contribution in [3.8, 4) is 22.5 Å². The highest BCUT2D eigenvalue weighted by Crippen LogP contribution is 2.28. The summed E-state index contributed by atoms with van der Waals surface area (Å²) in [6.07, 6.45) is 1.88. The lowest BCUT2D eigenvalue weighted by atomic mass is 10.1. The molecule has 26 heavy (non-hydrogen) atoms. The number of aromatic amines is 1. The minimum atomic E-state index is -0.185. The van der Waals surface area contributed by atoms with Crippen LogP contribution in [0.15, 0.2) is 53.5 Å². The molecule has 0 bridgehead atoms. The van der Waals surface area contributed by atoms with Crippen LogP contribution in [0.5, 0.6) is 0 Å². The molecule has 0 saturated carbocycles. The van der Waals surface area contributed by atoms with Crippen molar-refractivity contribution >= 4 is 5.65 Å². The molecule has 7 heteroatoms. The van der Waals surface area contributed by atoms with E-state index in [1.54, 1.807) is 7.11 Å². The van der Waals surface area contributed by atoms with Gasteiger partial charge in [0, 0.05) is 31.5 Å². The van der Waals surface area contributed by atoms with E-state index >= 15 is 0 Å². The van der Waals surface area contributed by atoms with Crippen molar-refractivity contribution in [1.29, 1.82) is 0 Å². The van der Waals surface area contributed by atoms with Crippen LogP contribution in [0.2, 0.25) is 0 Å². The minimum absolute atomic E-state index is 0.185. The standard InChI is InChI=1S/C19H19N5O2/c1-3-23-10-9-14(21-23)15-11-17(25)24-19(20-15)18(16(22-24)12-26-2)13-7-5-4-6-8-13/h4-11,22H,3,12H2,1-2H3. The Bertz CT molecular complexity index is 1110. The largest absolute Gasteiger partial charge is 0.378 e. The smallest absolute Gasteiger partial charge is 0.273 e. The van der Waals surface area contributed by atoms with Crippen LogP contribution in [0.4, 0.5) is 0 Å². The molecule has 0 atom stereocenters. The second kappa shape index (κ2) is 6.61. The van der Waals surface area contributed by atoms with E-state index in [-0.39, 0.29) is 5.56 Å². The molecule has 3 heterocycles. The maximum atomic E-state index is 12.7. The van der Waals surface area contributed by atoms with E-state index in [0.717, 1.165) is 23.4 Å². The van der Waals surface area contributed by atoms with Gasteiger partial charge in [-0.1, -0.05) is 30.3 Å².